The molecule has 0 radical (unpaired) electrons. The number of aliphatic hydroxyl groups is 1. The van der Waals surface area contributed by atoms with Crippen LogP contribution in [0.3, 0.4) is 0 Å². The van der Waals surface area contributed by atoms with Crippen molar-refractivity contribution >= 4 is 11.8 Å². The van der Waals surface area contributed by atoms with Gasteiger partial charge in [-0.3, -0.25) is 9.59 Å². The highest BCUT2D eigenvalue weighted by Crippen LogP contribution is 2.65. The van der Waals surface area contributed by atoms with Gasteiger partial charge in [0.1, 0.15) is 5.60 Å². The Labute approximate surface area is 123 Å². The van der Waals surface area contributed by atoms with Crippen molar-refractivity contribution in [3.8, 4) is 0 Å². The van der Waals surface area contributed by atoms with Crippen molar-refractivity contribution in [2.24, 2.45) is 5.41 Å². The van der Waals surface area contributed by atoms with Crippen LogP contribution < -0.4 is 0 Å². The summed E-state index contributed by atoms with van der Waals surface area (Å²) in [6.45, 7) is 5.51. The number of hydrogen-bond donors (Lipinski definition) is 2. The van der Waals surface area contributed by atoms with Crippen LogP contribution in [0.25, 0.3) is 0 Å². The van der Waals surface area contributed by atoms with Gasteiger partial charge in [-0.1, -0.05) is 5.57 Å². The molecule has 0 unspecified atom stereocenters. The van der Waals surface area contributed by atoms with Gasteiger partial charge < -0.3 is 10.2 Å². The van der Waals surface area contributed by atoms with Crippen LogP contribution >= 0.6 is 0 Å². The molecule has 1 atom stereocenters. The maximum atomic E-state index is 12.7. The van der Waals surface area contributed by atoms with Crippen molar-refractivity contribution in [3.05, 3.63) is 33.9 Å². The Balaban J connectivity index is 2.10. The molecule has 0 aromatic rings. The van der Waals surface area contributed by atoms with Crippen LogP contribution in [0.15, 0.2) is 33.9 Å². The summed E-state index contributed by atoms with van der Waals surface area (Å²) in [5, 5.41) is 19.6. The molecule has 0 heterocycles. The number of ketones is 1. The zero-order valence-corrected chi connectivity index (χ0v) is 12.6. The number of allylic oxidation sites excluding steroid dienone is 4. The van der Waals surface area contributed by atoms with E-state index < -0.39 is 17.0 Å². The smallest absolute Gasteiger partial charge is 0.303 e. The molecule has 1 saturated carbocycles. The number of carboxylic acids is 1. The first-order valence-corrected chi connectivity index (χ1v) is 7.35. The molecule has 3 aliphatic carbocycles. The summed E-state index contributed by atoms with van der Waals surface area (Å²) < 4.78 is 0. The zero-order valence-electron chi connectivity index (χ0n) is 12.6. The van der Waals surface area contributed by atoms with Crippen molar-refractivity contribution in [2.45, 2.75) is 52.1 Å². The zero-order chi connectivity index (χ0) is 15.6. The van der Waals surface area contributed by atoms with E-state index in [-0.39, 0.29) is 12.2 Å². The third kappa shape index (κ3) is 1.72. The van der Waals surface area contributed by atoms with Gasteiger partial charge in [-0.15, -0.1) is 0 Å². The molecule has 0 aromatic carbocycles. The fourth-order valence-electron chi connectivity index (χ4n) is 3.97. The molecular formula is C17H20O4. The van der Waals surface area contributed by atoms with Gasteiger partial charge in [0.05, 0.1) is 0 Å². The Morgan fingerprint density at radius 2 is 1.95 bits per heavy atom. The molecule has 1 spiro atoms. The Hall–Kier alpha value is -1.68. The minimum Gasteiger partial charge on any atom is -0.481 e. The lowest BCUT2D eigenvalue weighted by Gasteiger charge is -2.39. The molecule has 1 fully saturated rings. The third-order valence-electron chi connectivity index (χ3n) is 5.46. The molecule has 0 amide bonds. The second kappa shape index (κ2) is 4.17. The minimum atomic E-state index is -1.34. The second-order valence-corrected chi connectivity index (χ2v) is 6.60. The highest BCUT2D eigenvalue weighted by Gasteiger charge is 2.64. The number of carbonyl (C=O) groups is 2. The topological polar surface area (TPSA) is 74.6 Å². The monoisotopic (exact) mass is 288 g/mol. The summed E-state index contributed by atoms with van der Waals surface area (Å²) in [4.78, 5) is 23.5. The number of rotatable bonds is 3. The van der Waals surface area contributed by atoms with Crippen molar-refractivity contribution in [1.29, 1.82) is 0 Å². The van der Waals surface area contributed by atoms with Gasteiger partial charge in [0.25, 0.3) is 0 Å². The maximum Gasteiger partial charge on any atom is 0.303 e. The van der Waals surface area contributed by atoms with Crippen LogP contribution in [0.1, 0.15) is 46.5 Å². The highest BCUT2D eigenvalue weighted by molar-refractivity contribution is 6.10. The molecule has 0 aliphatic heterocycles. The molecule has 21 heavy (non-hydrogen) atoms. The standard InChI is InChI=1S/C17H20O4/c1-9-8-12-14(11(9)4-5-13(18)19)10(2)17(6-7-17)16(3,21)15(12)20/h8,21H,4-7H2,1-3H3,(H,18,19)/t16-/m0/s1. The predicted molar refractivity (Wildman–Crippen MR) is 77.7 cm³/mol. The van der Waals surface area contributed by atoms with Gasteiger partial charge in [-0.25, -0.2) is 0 Å². The van der Waals surface area contributed by atoms with Crippen LogP contribution in [0.5, 0.6) is 0 Å². The predicted octanol–water partition coefficient (Wildman–Crippen LogP) is 2.54. The molecule has 0 bridgehead atoms. The lowest BCUT2D eigenvalue weighted by molar-refractivity contribution is -0.137. The number of carboxylic acid groups (broad SMARTS) is 1. The number of fused-ring (bicyclic) bond motifs is 1. The Morgan fingerprint density at radius 1 is 1.33 bits per heavy atom. The average Bonchev–Trinajstić information content (AvgIpc) is 3.14. The van der Waals surface area contributed by atoms with Gasteiger partial charge in [-0.05, 0) is 62.8 Å². The maximum absolute atomic E-state index is 12.7. The SMILES string of the molecule is CC1=C(CCC(=O)O)C2=C(C)C3(CC3)[C@@](C)(O)C(=O)C2=C1. The van der Waals surface area contributed by atoms with E-state index in [1.54, 1.807) is 6.92 Å². The normalized spacial score (nSPS) is 29.9. The van der Waals surface area contributed by atoms with Crippen molar-refractivity contribution in [3.63, 3.8) is 0 Å². The van der Waals surface area contributed by atoms with E-state index in [9.17, 15) is 14.7 Å². The van der Waals surface area contributed by atoms with E-state index in [4.69, 9.17) is 5.11 Å². The van der Waals surface area contributed by atoms with Crippen LogP contribution in [0.2, 0.25) is 0 Å². The molecule has 3 aliphatic rings. The van der Waals surface area contributed by atoms with E-state index in [2.05, 4.69) is 0 Å². The summed E-state index contributed by atoms with van der Waals surface area (Å²) in [5.41, 5.74) is 2.65. The van der Waals surface area contributed by atoms with Crippen LogP contribution in [0.4, 0.5) is 0 Å². The first kappa shape index (κ1) is 14.3. The molecule has 112 valence electrons. The Morgan fingerprint density at radius 3 is 2.48 bits per heavy atom. The van der Waals surface area contributed by atoms with Crippen LogP contribution in [0, 0.1) is 5.41 Å². The van der Waals surface area contributed by atoms with Gasteiger partial charge in [0, 0.05) is 17.4 Å². The molecule has 4 nitrogen and oxygen atoms in total. The Kier molecular flexibility index (Phi) is 2.83. The molecule has 0 aromatic heterocycles. The van der Waals surface area contributed by atoms with E-state index in [1.165, 1.54) is 0 Å². The van der Waals surface area contributed by atoms with Gasteiger partial charge in [0.15, 0.2) is 5.78 Å². The molecule has 2 N–H and O–H groups in total. The van der Waals surface area contributed by atoms with Crippen molar-refractivity contribution in [1.82, 2.24) is 0 Å². The average molecular weight is 288 g/mol. The summed E-state index contributed by atoms with van der Waals surface area (Å²) >= 11 is 0. The van der Waals surface area contributed by atoms with Crippen LogP contribution in [-0.4, -0.2) is 27.6 Å². The number of hydrogen-bond acceptors (Lipinski definition) is 3. The summed E-state index contributed by atoms with van der Waals surface area (Å²) in [6.07, 6.45) is 3.93. The van der Waals surface area contributed by atoms with E-state index in [0.29, 0.717) is 12.0 Å². The van der Waals surface area contributed by atoms with E-state index in [1.807, 2.05) is 19.9 Å². The molecular weight excluding hydrogens is 268 g/mol. The minimum absolute atomic E-state index is 0.0577. The quantitative estimate of drug-likeness (QED) is 0.837. The Bertz CT molecular complexity index is 654. The third-order valence-corrected chi connectivity index (χ3v) is 5.46. The van der Waals surface area contributed by atoms with Gasteiger partial charge >= 0.3 is 5.97 Å². The van der Waals surface area contributed by atoms with Gasteiger partial charge in [-0.2, -0.15) is 0 Å². The lowest BCUT2D eigenvalue weighted by Crippen LogP contribution is -2.49. The van der Waals surface area contributed by atoms with E-state index >= 15 is 0 Å². The van der Waals surface area contributed by atoms with Gasteiger partial charge in [0.2, 0.25) is 0 Å². The fraction of sp³-hybridized carbons (Fsp3) is 0.529. The first-order chi connectivity index (χ1) is 9.72. The fourth-order valence-corrected chi connectivity index (χ4v) is 3.97. The summed E-state index contributed by atoms with van der Waals surface area (Å²) in [7, 11) is 0. The lowest BCUT2D eigenvalue weighted by atomic mass is 9.67. The summed E-state index contributed by atoms with van der Waals surface area (Å²) in [5.74, 6) is -1.05. The molecule has 4 heteroatoms. The number of aliphatic carboxylic acids is 1. The largest absolute Gasteiger partial charge is 0.481 e. The van der Waals surface area contributed by atoms with E-state index in [0.717, 1.165) is 35.1 Å². The second-order valence-electron chi connectivity index (χ2n) is 6.60. The highest BCUT2D eigenvalue weighted by atomic mass is 16.4. The van der Waals surface area contributed by atoms with Crippen LogP contribution in [-0.2, 0) is 9.59 Å². The molecule has 3 rings (SSSR count). The molecule has 0 saturated heterocycles. The van der Waals surface area contributed by atoms with Crippen molar-refractivity contribution < 1.29 is 19.8 Å². The number of carbonyl (C=O) groups excluding carboxylic acids is 1. The first-order valence-electron chi connectivity index (χ1n) is 7.35. The number of Topliss-reactive ketones (excluding diaryl/α,β-unsaturated/α-hetero) is 1. The van der Waals surface area contributed by atoms with Crippen molar-refractivity contribution in [2.75, 3.05) is 0 Å². The summed E-state index contributed by atoms with van der Waals surface area (Å²) in [6, 6.07) is 0.